The highest BCUT2D eigenvalue weighted by atomic mass is 35.5. The second-order valence-electron chi connectivity index (χ2n) is 6.78. The molecule has 0 atom stereocenters. The summed E-state index contributed by atoms with van der Waals surface area (Å²) in [4.78, 5) is 0. The van der Waals surface area contributed by atoms with E-state index in [4.69, 9.17) is 16.7 Å². The quantitative estimate of drug-likeness (QED) is 0.747. The molecule has 5 heteroatoms. The molecule has 4 rings (SSSR count). The molecule has 1 aromatic heterocycles. The average molecular weight is 370 g/mol. The molecule has 3 aromatic rings. The summed E-state index contributed by atoms with van der Waals surface area (Å²) in [5.74, 6) is -0.220. The van der Waals surface area contributed by atoms with Crippen LogP contribution in [0.4, 0.5) is 4.39 Å². The van der Waals surface area contributed by atoms with Crippen molar-refractivity contribution in [1.29, 1.82) is 0 Å². The van der Waals surface area contributed by atoms with Crippen LogP contribution in [-0.2, 0) is 19.3 Å². The molecule has 134 valence electrons. The lowest BCUT2D eigenvalue weighted by Gasteiger charge is -2.15. The van der Waals surface area contributed by atoms with Crippen LogP contribution in [0.1, 0.15) is 28.1 Å². The van der Waals surface area contributed by atoms with Gasteiger partial charge < -0.3 is 5.32 Å². The molecule has 0 spiro atoms. The van der Waals surface area contributed by atoms with Crippen molar-refractivity contribution >= 4 is 11.6 Å². The van der Waals surface area contributed by atoms with Crippen LogP contribution in [0, 0.1) is 12.7 Å². The molecule has 0 unspecified atom stereocenters. The maximum Gasteiger partial charge on any atom is 0.123 e. The Balaban J connectivity index is 1.74. The Morgan fingerprint density at radius 2 is 2.00 bits per heavy atom. The summed E-state index contributed by atoms with van der Waals surface area (Å²) in [7, 11) is 0. The van der Waals surface area contributed by atoms with Crippen LogP contribution in [0.2, 0.25) is 5.02 Å². The zero-order chi connectivity index (χ0) is 18.1. The monoisotopic (exact) mass is 369 g/mol. The predicted octanol–water partition coefficient (Wildman–Crippen LogP) is 4.25. The normalized spacial score (nSPS) is 14.1. The number of nitrogens with one attached hydrogen (secondary N) is 1. The molecule has 0 saturated heterocycles. The summed E-state index contributed by atoms with van der Waals surface area (Å²) in [5, 5.41) is 8.95. The summed E-state index contributed by atoms with van der Waals surface area (Å²) >= 11 is 6.58. The highest BCUT2D eigenvalue weighted by Crippen LogP contribution is 2.30. The Kier molecular flexibility index (Phi) is 4.79. The molecular formula is C21H21ClFN3. The molecule has 2 heterocycles. The molecular weight excluding hydrogens is 349 g/mol. The molecule has 1 N–H and O–H groups in total. The van der Waals surface area contributed by atoms with Gasteiger partial charge in [-0.25, -0.2) is 9.07 Å². The third-order valence-electron chi connectivity index (χ3n) is 4.88. The molecule has 26 heavy (non-hydrogen) atoms. The van der Waals surface area contributed by atoms with Gasteiger partial charge >= 0.3 is 0 Å². The Labute approximate surface area is 157 Å². The Bertz CT molecular complexity index is 948. The topological polar surface area (TPSA) is 29.9 Å². The van der Waals surface area contributed by atoms with Crippen molar-refractivity contribution in [2.24, 2.45) is 0 Å². The molecule has 0 aliphatic carbocycles. The number of aryl methyl sites for hydroxylation is 1. The Morgan fingerprint density at radius 3 is 2.85 bits per heavy atom. The maximum atomic E-state index is 13.5. The van der Waals surface area contributed by atoms with Crippen molar-refractivity contribution in [2.45, 2.75) is 26.2 Å². The Morgan fingerprint density at radius 1 is 1.15 bits per heavy atom. The van der Waals surface area contributed by atoms with Crippen LogP contribution >= 0.6 is 11.6 Å². The molecule has 2 aromatic carbocycles. The van der Waals surface area contributed by atoms with Crippen molar-refractivity contribution in [1.82, 2.24) is 15.1 Å². The number of halogens is 2. The second kappa shape index (κ2) is 7.22. The van der Waals surface area contributed by atoms with Gasteiger partial charge in [-0.2, -0.15) is 5.10 Å². The van der Waals surface area contributed by atoms with Gasteiger partial charge in [-0.1, -0.05) is 29.8 Å². The predicted molar refractivity (Wildman–Crippen MR) is 103 cm³/mol. The fourth-order valence-electron chi connectivity index (χ4n) is 3.66. The number of aromatic nitrogens is 2. The number of fused-ring (bicyclic) bond motifs is 1. The van der Waals surface area contributed by atoms with E-state index in [2.05, 4.69) is 17.4 Å². The van der Waals surface area contributed by atoms with Crippen molar-refractivity contribution in [2.75, 3.05) is 13.1 Å². The third kappa shape index (κ3) is 3.39. The molecule has 3 nitrogen and oxygen atoms in total. The average Bonchev–Trinajstić information content (AvgIpc) is 2.81. The minimum atomic E-state index is -0.220. The van der Waals surface area contributed by atoms with E-state index in [9.17, 15) is 4.39 Å². The van der Waals surface area contributed by atoms with Gasteiger partial charge in [0.1, 0.15) is 5.82 Å². The summed E-state index contributed by atoms with van der Waals surface area (Å²) in [6.45, 7) is 3.96. The number of benzene rings is 2. The second-order valence-corrected chi connectivity index (χ2v) is 7.19. The fraction of sp³-hybridized carbons (Fsp3) is 0.286. The van der Waals surface area contributed by atoms with Gasteiger partial charge in [0.05, 0.1) is 16.4 Å². The highest BCUT2D eigenvalue weighted by Gasteiger charge is 2.18. The van der Waals surface area contributed by atoms with E-state index in [1.165, 1.54) is 17.2 Å². The van der Waals surface area contributed by atoms with Gasteiger partial charge in [0.2, 0.25) is 0 Å². The van der Waals surface area contributed by atoms with Crippen molar-refractivity contribution in [3.05, 3.63) is 81.4 Å². The van der Waals surface area contributed by atoms with Crippen LogP contribution < -0.4 is 5.32 Å². The van der Waals surface area contributed by atoms with E-state index in [0.29, 0.717) is 11.4 Å². The van der Waals surface area contributed by atoms with Crippen molar-refractivity contribution in [3.8, 4) is 5.69 Å². The van der Waals surface area contributed by atoms with Crippen molar-refractivity contribution < 1.29 is 4.39 Å². The smallest absolute Gasteiger partial charge is 0.123 e. The lowest BCUT2D eigenvalue weighted by Crippen LogP contribution is -2.16. The molecule has 0 amide bonds. The van der Waals surface area contributed by atoms with Gasteiger partial charge in [0.25, 0.3) is 0 Å². The van der Waals surface area contributed by atoms with Crippen LogP contribution in [0.3, 0.4) is 0 Å². The number of hydrogen-bond donors (Lipinski definition) is 1. The van der Waals surface area contributed by atoms with E-state index in [1.807, 2.05) is 23.7 Å². The molecule has 0 bridgehead atoms. The molecule has 0 radical (unpaired) electrons. The summed E-state index contributed by atoms with van der Waals surface area (Å²) in [5.41, 5.74) is 6.44. The molecule has 0 saturated carbocycles. The third-order valence-corrected chi connectivity index (χ3v) is 5.18. The summed E-state index contributed by atoms with van der Waals surface area (Å²) < 4.78 is 15.4. The maximum absolute atomic E-state index is 13.5. The number of rotatable bonds is 3. The molecule has 1 aliphatic rings. The SMILES string of the molecule is Cc1cc(Cc2cccc(F)c2)nn1-c1c(Cl)ccc2c1CCNCC2. The number of nitrogens with zero attached hydrogens (tertiary/aromatic N) is 2. The van der Waals surface area contributed by atoms with Gasteiger partial charge in [-0.3, -0.25) is 0 Å². The lowest BCUT2D eigenvalue weighted by molar-refractivity contribution is 0.626. The first kappa shape index (κ1) is 17.3. The lowest BCUT2D eigenvalue weighted by atomic mass is 10.0. The zero-order valence-electron chi connectivity index (χ0n) is 14.7. The van der Waals surface area contributed by atoms with Crippen molar-refractivity contribution in [3.63, 3.8) is 0 Å². The van der Waals surface area contributed by atoms with E-state index >= 15 is 0 Å². The first-order chi connectivity index (χ1) is 12.6. The van der Waals surface area contributed by atoms with Crippen LogP contribution in [-0.4, -0.2) is 22.9 Å². The largest absolute Gasteiger partial charge is 0.316 e. The minimum Gasteiger partial charge on any atom is -0.316 e. The van der Waals surface area contributed by atoms with Crippen LogP contribution in [0.5, 0.6) is 0 Å². The van der Waals surface area contributed by atoms with E-state index in [1.54, 1.807) is 12.1 Å². The summed E-state index contributed by atoms with van der Waals surface area (Å²) in [6.07, 6.45) is 2.53. The van der Waals surface area contributed by atoms with Crippen LogP contribution in [0.25, 0.3) is 5.69 Å². The minimum absolute atomic E-state index is 0.220. The fourth-order valence-corrected chi connectivity index (χ4v) is 3.92. The van der Waals surface area contributed by atoms with E-state index in [-0.39, 0.29) is 5.82 Å². The first-order valence-corrected chi connectivity index (χ1v) is 9.31. The first-order valence-electron chi connectivity index (χ1n) is 8.93. The Hall–Kier alpha value is -2.17. The van der Waals surface area contributed by atoms with E-state index in [0.717, 1.165) is 48.6 Å². The molecule has 1 aliphatic heterocycles. The van der Waals surface area contributed by atoms with Gasteiger partial charge in [0, 0.05) is 12.1 Å². The highest BCUT2D eigenvalue weighted by molar-refractivity contribution is 6.32. The van der Waals surface area contributed by atoms with Gasteiger partial charge in [-0.15, -0.1) is 0 Å². The number of hydrogen-bond acceptors (Lipinski definition) is 2. The van der Waals surface area contributed by atoms with Crippen LogP contribution in [0.15, 0.2) is 42.5 Å². The van der Waals surface area contributed by atoms with E-state index < -0.39 is 0 Å². The standard InChI is InChI=1S/C21H21ClFN3/c1-14-11-18(13-15-3-2-4-17(23)12-15)25-26(14)21-19-8-10-24-9-7-16(19)5-6-20(21)22/h2-6,11-12,24H,7-10,13H2,1H3. The molecule has 0 fully saturated rings. The summed E-state index contributed by atoms with van der Waals surface area (Å²) in [6, 6.07) is 12.8. The van der Waals surface area contributed by atoms with Gasteiger partial charge in [-0.05, 0) is 73.8 Å². The van der Waals surface area contributed by atoms with Gasteiger partial charge in [0.15, 0.2) is 0 Å². The zero-order valence-corrected chi connectivity index (χ0v) is 15.5.